The molecule has 0 aromatic heterocycles. The van der Waals surface area contributed by atoms with Crippen molar-refractivity contribution in [2.75, 3.05) is 32.8 Å². The first kappa shape index (κ1) is 17.2. The van der Waals surface area contributed by atoms with E-state index in [-0.39, 0.29) is 12.5 Å². The normalized spacial score (nSPS) is 26.0. The van der Waals surface area contributed by atoms with Crippen LogP contribution in [0, 0.1) is 11.3 Å². The van der Waals surface area contributed by atoms with Crippen LogP contribution < -0.4 is 0 Å². The molecule has 0 bridgehead atoms. The van der Waals surface area contributed by atoms with Gasteiger partial charge in [0.05, 0.1) is 0 Å². The molecule has 0 atom stereocenters. The van der Waals surface area contributed by atoms with Gasteiger partial charge in [-0.3, -0.25) is 0 Å². The third-order valence-corrected chi connectivity index (χ3v) is 7.80. The van der Waals surface area contributed by atoms with Crippen LogP contribution >= 0.6 is 0 Å². The molecule has 0 spiro atoms. The van der Waals surface area contributed by atoms with Crippen molar-refractivity contribution in [3.05, 3.63) is 0 Å². The van der Waals surface area contributed by atoms with Crippen LogP contribution in [-0.2, 0) is 10.2 Å². The Balaban J connectivity index is 1.96. The number of hydrogen-bond donors (Lipinski definition) is 1. The van der Waals surface area contributed by atoms with E-state index in [0.717, 1.165) is 38.5 Å². The molecular formula is C15H30N2O3S. The second-order valence-corrected chi connectivity index (χ2v) is 8.57. The van der Waals surface area contributed by atoms with Crippen LogP contribution in [0.15, 0.2) is 0 Å². The molecule has 21 heavy (non-hydrogen) atoms. The zero-order valence-corrected chi connectivity index (χ0v) is 14.2. The molecule has 124 valence electrons. The predicted molar refractivity (Wildman–Crippen MR) is 84.1 cm³/mol. The van der Waals surface area contributed by atoms with E-state index in [1.165, 1.54) is 0 Å². The van der Waals surface area contributed by atoms with E-state index in [9.17, 15) is 8.42 Å². The fourth-order valence-electron chi connectivity index (χ4n) is 3.63. The molecular weight excluding hydrogens is 288 g/mol. The molecule has 0 radical (unpaired) electrons. The lowest BCUT2D eigenvalue weighted by Gasteiger charge is -2.42. The molecule has 0 unspecified atom stereocenters. The first-order valence-corrected chi connectivity index (χ1v) is 9.73. The van der Waals surface area contributed by atoms with Gasteiger partial charge in [-0.2, -0.15) is 17.0 Å². The summed E-state index contributed by atoms with van der Waals surface area (Å²) >= 11 is 0. The van der Waals surface area contributed by atoms with E-state index < -0.39 is 10.2 Å². The van der Waals surface area contributed by atoms with Crippen molar-refractivity contribution in [2.45, 2.75) is 52.4 Å². The van der Waals surface area contributed by atoms with Crippen molar-refractivity contribution in [1.29, 1.82) is 0 Å². The minimum Gasteiger partial charge on any atom is -0.396 e. The van der Waals surface area contributed by atoms with Gasteiger partial charge in [0.2, 0.25) is 0 Å². The summed E-state index contributed by atoms with van der Waals surface area (Å²) in [6, 6.07) is 0. The van der Waals surface area contributed by atoms with E-state index in [4.69, 9.17) is 5.11 Å². The second kappa shape index (κ2) is 6.94. The van der Waals surface area contributed by atoms with Crippen molar-refractivity contribution < 1.29 is 13.5 Å². The second-order valence-electron chi connectivity index (χ2n) is 6.64. The van der Waals surface area contributed by atoms with Crippen LogP contribution in [0.5, 0.6) is 0 Å². The van der Waals surface area contributed by atoms with Gasteiger partial charge < -0.3 is 5.11 Å². The average Bonchev–Trinajstić information content (AvgIpc) is 2.55. The molecule has 0 amide bonds. The Labute approximate surface area is 129 Å². The van der Waals surface area contributed by atoms with Crippen molar-refractivity contribution in [1.82, 2.24) is 8.61 Å². The highest BCUT2D eigenvalue weighted by Gasteiger charge is 2.38. The maximum atomic E-state index is 12.7. The van der Waals surface area contributed by atoms with Crippen molar-refractivity contribution >= 4 is 10.2 Å². The molecule has 2 saturated heterocycles. The summed E-state index contributed by atoms with van der Waals surface area (Å²) in [5.41, 5.74) is 0.343. The minimum absolute atomic E-state index is 0.174. The van der Waals surface area contributed by atoms with E-state index in [1.54, 1.807) is 8.61 Å². The zero-order valence-electron chi connectivity index (χ0n) is 13.4. The minimum atomic E-state index is -3.30. The summed E-state index contributed by atoms with van der Waals surface area (Å²) in [6.07, 6.45) is 5.78. The Morgan fingerprint density at radius 3 is 1.90 bits per heavy atom. The van der Waals surface area contributed by atoms with Crippen molar-refractivity contribution in [2.24, 2.45) is 11.3 Å². The smallest absolute Gasteiger partial charge is 0.281 e. The molecule has 0 aromatic rings. The van der Waals surface area contributed by atoms with Crippen LogP contribution in [0.25, 0.3) is 0 Å². The Hall–Kier alpha value is -0.170. The summed E-state index contributed by atoms with van der Waals surface area (Å²) in [7, 11) is -3.30. The molecule has 6 heteroatoms. The third kappa shape index (κ3) is 3.60. The van der Waals surface area contributed by atoms with E-state index in [2.05, 4.69) is 13.8 Å². The fourth-order valence-corrected chi connectivity index (χ4v) is 5.28. The number of hydrogen-bond acceptors (Lipinski definition) is 3. The van der Waals surface area contributed by atoms with E-state index in [1.807, 2.05) is 0 Å². The molecule has 2 heterocycles. The Morgan fingerprint density at radius 1 is 1.00 bits per heavy atom. The number of aliphatic hydroxyl groups is 1. The van der Waals surface area contributed by atoms with Crippen LogP contribution in [0.3, 0.4) is 0 Å². The standard InChI is InChI=1S/C15H30N2O3S/c1-3-15(4-2)7-11-17(12-8-15)21(19,20)16-9-5-14(13-18)6-10-16/h14,18H,3-13H2,1-2H3. The Bertz CT molecular complexity index is 416. The molecule has 1 N–H and O–H groups in total. The number of piperidine rings is 2. The van der Waals surface area contributed by atoms with E-state index >= 15 is 0 Å². The lowest BCUT2D eigenvalue weighted by molar-refractivity contribution is 0.130. The summed E-state index contributed by atoms with van der Waals surface area (Å²) in [6.45, 7) is 7.02. The summed E-state index contributed by atoms with van der Waals surface area (Å²) in [5, 5.41) is 9.16. The van der Waals surface area contributed by atoms with Gasteiger partial charge in [0.15, 0.2) is 0 Å². The maximum absolute atomic E-state index is 12.7. The highest BCUT2D eigenvalue weighted by molar-refractivity contribution is 7.86. The highest BCUT2D eigenvalue weighted by Crippen LogP contribution is 2.39. The zero-order chi connectivity index (χ0) is 15.5. The number of aliphatic hydroxyl groups excluding tert-OH is 1. The summed E-state index contributed by atoms with van der Waals surface area (Å²) < 4.78 is 28.7. The lowest BCUT2D eigenvalue weighted by atomic mass is 9.75. The van der Waals surface area contributed by atoms with Gasteiger partial charge in [-0.1, -0.05) is 26.7 Å². The number of rotatable bonds is 5. The highest BCUT2D eigenvalue weighted by atomic mass is 32.2. The van der Waals surface area contributed by atoms with Crippen LogP contribution in [0.4, 0.5) is 0 Å². The topological polar surface area (TPSA) is 60.9 Å². The quantitative estimate of drug-likeness (QED) is 0.841. The third-order valence-electron chi connectivity index (χ3n) is 5.77. The average molecular weight is 318 g/mol. The first-order valence-electron chi connectivity index (χ1n) is 8.33. The molecule has 2 rings (SSSR count). The first-order chi connectivity index (χ1) is 9.97. The van der Waals surface area contributed by atoms with Gasteiger partial charge in [-0.05, 0) is 37.0 Å². The van der Waals surface area contributed by atoms with E-state index in [0.29, 0.717) is 31.6 Å². The van der Waals surface area contributed by atoms with Crippen LogP contribution in [-0.4, -0.2) is 54.9 Å². The molecule has 2 aliphatic heterocycles. The van der Waals surface area contributed by atoms with Crippen molar-refractivity contribution in [3.8, 4) is 0 Å². The van der Waals surface area contributed by atoms with Gasteiger partial charge >= 0.3 is 0 Å². The summed E-state index contributed by atoms with van der Waals surface area (Å²) in [4.78, 5) is 0. The molecule has 5 nitrogen and oxygen atoms in total. The van der Waals surface area contributed by atoms with Gasteiger partial charge in [0.25, 0.3) is 10.2 Å². The molecule has 0 saturated carbocycles. The molecule has 2 fully saturated rings. The molecule has 0 aliphatic carbocycles. The monoisotopic (exact) mass is 318 g/mol. The van der Waals surface area contributed by atoms with Gasteiger partial charge in [0.1, 0.15) is 0 Å². The Kier molecular flexibility index (Phi) is 5.68. The van der Waals surface area contributed by atoms with Crippen molar-refractivity contribution in [3.63, 3.8) is 0 Å². The fraction of sp³-hybridized carbons (Fsp3) is 1.00. The van der Waals surface area contributed by atoms with Gasteiger partial charge in [-0.15, -0.1) is 0 Å². The SMILES string of the molecule is CCC1(CC)CCN(S(=O)(=O)N2CCC(CO)CC2)CC1. The van der Waals surface area contributed by atoms with Gasteiger partial charge in [-0.25, -0.2) is 0 Å². The van der Waals surface area contributed by atoms with Crippen LogP contribution in [0.1, 0.15) is 52.4 Å². The molecule has 2 aliphatic rings. The predicted octanol–water partition coefficient (Wildman–Crippen LogP) is 1.84. The molecule has 0 aromatic carbocycles. The maximum Gasteiger partial charge on any atom is 0.281 e. The lowest BCUT2D eigenvalue weighted by Crippen LogP contribution is -2.51. The number of nitrogens with zero attached hydrogens (tertiary/aromatic N) is 2. The van der Waals surface area contributed by atoms with Gasteiger partial charge in [0, 0.05) is 32.8 Å². The summed E-state index contributed by atoms with van der Waals surface area (Å²) in [5.74, 6) is 0.269. The Morgan fingerprint density at radius 2 is 1.48 bits per heavy atom. The van der Waals surface area contributed by atoms with Crippen LogP contribution in [0.2, 0.25) is 0 Å². The largest absolute Gasteiger partial charge is 0.396 e.